The summed E-state index contributed by atoms with van der Waals surface area (Å²) >= 11 is 6.87. The Hall–Kier alpha value is -0.140. The van der Waals surface area contributed by atoms with Crippen molar-refractivity contribution >= 4 is 33.0 Å². The lowest BCUT2D eigenvalue weighted by atomic mass is 9.87. The second-order valence-electron chi connectivity index (χ2n) is 6.13. The molecule has 0 aliphatic heterocycles. The van der Waals surface area contributed by atoms with Gasteiger partial charge in [-0.05, 0) is 36.8 Å². The first-order valence-electron chi connectivity index (χ1n) is 7.81. The lowest BCUT2D eigenvalue weighted by molar-refractivity contribution is 0.0587. The van der Waals surface area contributed by atoms with E-state index in [1.165, 1.54) is 6.07 Å². The third-order valence-electron chi connectivity index (χ3n) is 4.61. The Morgan fingerprint density at radius 3 is 2.55 bits per heavy atom. The van der Waals surface area contributed by atoms with E-state index in [1.54, 1.807) is 6.07 Å². The largest absolute Gasteiger partial charge is 0.391 e. The van der Waals surface area contributed by atoms with Crippen LogP contribution in [0.25, 0.3) is 0 Å². The van der Waals surface area contributed by atoms with E-state index in [4.69, 9.17) is 11.6 Å². The van der Waals surface area contributed by atoms with Gasteiger partial charge in [0.1, 0.15) is 4.21 Å². The highest BCUT2D eigenvalue weighted by atomic mass is 35.5. The molecule has 1 aromatic rings. The molecule has 1 saturated carbocycles. The molecule has 1 aliphatic carbocycles. The van der Waals surface area contributed by atoms with Gasteiger partial charge in [-0.3, -0.25) is 0 Å². The molecule has 2 N–H and O–H groups in total. The van der Waals surface area contributed by atoms with E-state index in [9.17, 15) is 13.5 Å². The van der Waals surface area contributed by atoms with E-state index < -0.39 is 22.2 Å². The van der Waals surface area contributed by atoms with Gasteiger partial charge < -0.3 is 5.11 Å². The molecular formula is C15H24ClNO3S2. The van der Waals surface area contributed by atoms with Gasteiger partial charge in [0.15, 0.2) is 0 Å². The number of aliphatic hydroxyl groups excluding tert-OH is 1. The molecule has 0 spiro atoms. The lowest BCUT2D eigenvalue weighted by Crippen LogP contribution is -2.49. The van der Waals surface area contributed by atoms with E-state index in [0.29, 0.717) is 4.34 Å². The number of aliphatic hydroxyl groups is 1. The van der Waals surface area contributed by atoms with Crippen molar-refractivity contribution in [2.45, 2.75) is 62.3 Å². The molecule has 1 aromatic heterocycles. The molecule has 0 aromatic carbocycles. The summed E-state index contributed by atoms with van der Waals surface area (Å²) in [5.74, 6) is 0.259. The zero-order valence-corrected chi connectivity index (χ0v) is 15.3. The Morgan fingerprint density at radius 1 is 1.41 bits per heavy atom. The summed E-state index contributed by atoms with van der Waals surface area (Å²) in [7, 11) is -3.64. The summed E-state index contributed by atoms with van der Waals surface area (Å²) in [6.45, 7) is 3.99. The molecule has 0 bridgehead atoms. The van der Waals surface area contributed by atoms with Crippen LogP contribution in [0.3, 0.4) is 0 Å². The normalized spacial score (nSPS) is 20.9. The predicted molar refractivity (Wildman–Crippen MR) is 90.9 cm³/mol. The number of hydrogen-bond donors (Lipinski definition) is 2. The Bertz CT molecular complexity index is 581. The maximum Gasteiger partial charge on any atom is 0.250 e. The van der Waals surface area contributed by atoms with Crippen LogP contribution < -0.4 is 4.72 Å². The SMILES string of the molecule is CC[C@H](C)C(NS(=O)(=O)c1ccc(Cl)s1)[C@@H](O)C1CCCC1. The van der Waals surface area contributed by atoms with Crippen molar-refractivity contribution in [2.24, 2.45) is 11.8 Å². The fraction of sp³-hybridized carbons (Fsp3) is 0.733. The van der Waals surface area contributed by atoms with Gasteiger partial charge in [0.05, 0.1) is 16.5 Å². The second-order valence-corrected chi connectivity index (χ2v) is 9.78. The van der Waals surface area contributed by atoms with E-state index in [2.05, 4.69) is 4.72 Å². The maximum atomic E-state index is 12.5. The standard InChI is InChI=1S/C15H24ClNO3S2/c1-3-10(2)14(15(18)11-6-4-5-7-11)17-22(19,20)13-9-8-12(16)21-13/h8-11,14-15,17-18H,3-7H2,1-2H3/t10-,14?,15-/m0/s1. The van der Waals surface area contributed by atoms with Crippen molar-refractivity contribution in [3.8, 4) is 0 Å². The summed E-state index contributed by atoms with van der Waals surface area (Å²) in [5, 5.41) is 10.7. The minimum atomic E-state index is -3.64. The molecule has 1 aliphatic rings. The molecule has 1 unspecified atom stereocenters. The smallest absolute Gasteiger partial charge is 0.250 e. The Morgan fingerprint density at radius 2 is 2.05 bits per heavy atom. The summed E-state index contributed by atoms with van der Waals surface area (Å²) in [6.07, 6.45) is 4.34. The fourth-order valence-corrected chi connectivity index (χ4v) is 5.91. The van der Waals surface area contributed by atoms with Crippen LogP contribution in [0.15, 0.2) is 16.3 Å². The van der Waals surface area contributed by atoms with Crippen molar-refractivity contribution < 1.29 is 13.5 Å². The van der Waals surface area contributed by atoms with Crippen molar-refractivity contribution in [1.29, 1.82) is 0 Å². The van der Waals surface area contributed by atoms with Crippen molar-refractivity contribution in [3.63, 3.8) is 0 Å². The zero-order chi connectivity index (χ0) is 16.3. The fourth-order valence-electron chi connectivity index (χ4n) is 3.05. The maximum absolute atomic E-state index is 12.5. The summed E-state index contributed by atoms with van der Waals surface area (Å²) in [4.78, 5) is 0. The highest BCUT2D eigenvalue weighted by Crippen LogP contribution is 2.32. The van der Waals surface area contributed by atoms with Gasteiger partial charge in [0, 0.05) is 0 Å². The molecule has 3 atom stereocenters. The summed E-state index contributed by atoms with van der Waals surface area (Å²) in [5.41, 5.74) is 0. The Labute approximate surface area is 141 Å². The molecular weight excluding hydrogens is 342 g/mol. The van der Waals surface area contributed by atoms with E-state index in [-0.39, 0.29) is 16.0 Å². The van der Waals surface area contributed by atoms with Gasteiger partial charge in [0.25, 0.3) is 0 Å². The quantitative estimate of drug-likeness (QED) is 0.775. The molecule has 0 radical (unpaired) electrons. The van der Waals surface area contributed by atoms with E-state index in [1.807, 2.05) is 13.8 Å². The molecule has 1 heterocycles. The third-order valence-corrected chi connectivity index (χ3v) is 7.79. The summed E-state index contributed by atoms with van der Waals surface area (Å²) < 4.78 is 28.4. The first-order chi connectivity index (χ1) is 10.3. The average molecular weight is 366 g/mol. The number of hydrogen-bond acceptors (Lipinski definition) is 4. The van der Waals surface area contributed by atoms with Gasteiger partial charge in [0.2, 0.25) is 10.0 Å². The number of halogens is 1. The average Bonchev–Trinajstić information content (AvgIpc) is 3.14. The predicted octanol–water partition coefficient (Wildman–Crippen LogP) is 3.65. The molecule has 0 amide bonds. The topological polar surface area (TPSA) is 66.4 Å². The molecule has 1 fully saturated rings. The van der Waals surface area contributed by atoms with Gasteiger partial charge in [-0.25, -0.2) is 13.1 Å². The number of sulfonamides is 1. The number of rotatable bonds is 7. The van der Waals surface area contributed by atoms with Crippen LogP contribution in [-0.4, -0.2) is 25.7 Å². The van der Waals surface area contributed by atoms with Crippen molar-refractivity contribution in [3.05, 3.63) is 16.5 Å². The van der Waals surface area contributed by atoms with Crippen LogP contribution in [0, 0.1) is 11.8 Å². The number of nitrogens with one attached hydrogen (secondary N) is 1. The van der Waals surface area contributed by atoms with Crippen LogP contribution in [0.4, 0.5) is 0 Å². The van der Waals surface area contributed by atoms with Crippen LogP contribution in [0.5, 0.6) is 0 Å². The molecule has 7 heteroatoms. The third kappa shape index (κ3) is 4.23. The van der Waals surface area contributed by atoms with Crippen LogP contribution in [0.2, 0.25) is 4.34 Å². The zero-order valence-electron chi connectivity index (χ0n) is 13.0. The molecule has 22 heavy (non-hydrogen) atoms. The van der Waals surface area contributed by atoms with Gasteiger partial charge in [-0.2, -0.15) is 0 Å². The highest BCUT2D eigenvalue weighted by molar-refractivity contribution is 7.91. The number of thiophene rings is 1. The van der Waals surface area contributed by atoms with Crippen molar-refractivity contribution in [2.75, 3.05) is 0 Å². The van der Waals surface area contributed by atoms with Gasteiger partial charge in [-0.15, -0.1) is 11.3 Å². The first kappa shape index (κ1) is 18.2. The summed E-state index contributed by atoms with van der Waals surface area (Å²) in [6, 6.07) is 2.62. The first-order valence-corrected chi connectivity index (χ1v) is 10.5. The van der Waals surface area contributed by atoms with E-state index >= 15 is 0 Å². The van der Waals surface area contributed by atoms with Gasteiger partial charge in [-0.1, -0.05) is 44.7 Å². The van der Waals surface area contributed by atoms with E-state index in [0.717, 1.165) is 43.4 Å². The Balaban J connectivity index is 2.18. The van der Waals surface area contributed by atoms with Crippen LogP contribution in [-0.2, 0) is 10.0 Å². The monoisotopic (exact) mass is 365 g/mol. The Kier molecular flexibility index (Phi) is 6.30. The van der Waals surface area contributed by atoms with Crippen LogP contribution >= 0.6 is 22.9 Å². The molecule has 0 saturated heterocycles. The second kappa shape index (κ2) is 7.62. The lowest BCUT2D eigenvalue weighted by Gasteiger charge is -2.32. The molecule has 4 nitrogen and oxygen atoms in total. The van der Waals surface area contributed by atoms with Crippen LogP contribution in [0.1, 0.15) is 46.0 Å². The molecule has 2 rings (SSSR count). The minimum absolute atomic E-state index is 0.0702. The molecule has 126 valence electrons. The van der Waals surface area contributed by atoms with Gasteiger partial charge >= 0.3 is 0 Å². The minimum Gasteiger partial charge on any atom is -0.391 e. The highest BCUT2D eigenvalue weighted by Gasteiger charge is 2.35. The van der Waals surface area contributed by atoms with Crippen molar-refractivity contribution in [1.82, 2.24) is 4.72 Å².